The fraction of sp³-hybridized carbons (Fsp3) is 0.200. The number of carbonyl (C=O) groups is 2. The highest BCUT2D eigenvalue weighted by Crippen LogP contribution is 2.17. The number of nitrogens with zero attached hydrogens (tertiary/aromatic N) is 1. The number of nitrogens with one attached hydrogen (secondary N) is 1. The number of rotatable bonds is 5. The maximum absolute atomic E-state index is 11.9. The maximum atomic E-state index is 11.9. The van der Waals surface area contributed by atoms with Crippen molar-refractivity contribution in [1.29, 1.82) is 0 Å². The zero-order valence-electron chi connectivity index (χ0n) is 11.8. The number of hydrogen-bond donors (Lipinski definition) is 1. The van der Waals surface area contributed by atoms with Crippen molar-refractivity contribution in [3.8, 4) is 5.75 Å². The fourth-order valence-electron chi connectivity index (χ4n) is 1.51. The van der Waals surface area contributed by atoms with Gasteiger partial charge in [-0.1, -0.05) is 6.07 Å². The van der Waals surface area contributed by atoms with Crippen LogP contribution in [0, 0.1) is 0 Å². The Labute approximate surface area is 127 Å². The molecule has 0 saturated heterocycles. The first-order valence-corrected chi connectivity index (χ1v) is 7.22. The van der Waals surface area contributed by atoms with Crippen LogP contribution >= 0.6 is 11.3 Å². The van der Waals surface area contributed by atoms with E-state index < -0.39 is 0 Å². The summed E-state index contributed by atoms with van der Waals surface area (Å²) in [7, 11) is 3.35. The van der Waals surface area contributed by atoms with Crippen molar-refractivity contribution < 1.29 is 14.3 Å². The molecule has 1 heterocycles. The van der Waals surface area contributed by atoms with Crippen molar-refractivity contribution in [2.24, 2.45) is 0 Å². The van der Waals surface area contributed by atoms with Crippen molar-refractivity contribution in [3.05, 3.63) is 46.7 Å². The number of ether oxygens (including phenoxy) is 1. The van der Waals surface area contributed by atoms with Crippen molar-refractivity contribution in [3.63, 3.8) is 0 Å². The van der Waals surface area contributed by atoms with E-state index in [9.17, 15) is 9.59 Å². The molecule has 0 spiro atoms. The lowest BCUT2D eigenvalue weighted by molar-refractivity contribution is -0.130. The summed E-state index contributed by atoms with van der Waals surface area (Å²) in [4.78, 5) is 25.4. The van der Waals surface area contributed by atoms with Gasteiger partial charge in [0.05, 0.1) is 4.88 Å². The van der Waals surface area contributed by atoms with Gasteiger partial charge in [-0.25, -0.2) is 0 Å². The molecule has 0 aliphatic carbocycles. The Morgan fingerprint density at radius 1 is 1.19 bits per heavy atom. The van der Waals surface area contributed by atoms with Gasteiger partial charge in [-0.15, -0.1) is 11.3 Å². The normalized spacial score (nSPS) is 10.0. The second-order valence-electron chi connectivity index (χ2n) is 4.53. The van der Waals surface area contributed by atoms with E-state index in [1.165, 1.54) is 16.2 Å². The molecule has 2 aromatic rings. The maximum Gasteiger partial charge on any atom is 0.265 e. The quantitative estimate of drug-likeness (QED) is 0.923. The van der Waals surface area contributed by atoms with Gasteiger partial charge in [0.2, 0.25) is 0 Å². The molecule has 1 aromatic carbocycles. The van der Waals surface area contributed by atoms with Gasteiger partial charge in [0, 0.05) is 19.8 Å². The van der Waals surface area contributed by atoms with Gasteiger partial charge in [-0.05, 0) is 35.7 Å². The topological polar surface area (TPSA) is 58.6 Å². The fourth-order valence-corrected chi connectivity index (χ4v) is 2.13. The third-order valence-electron chi connectivity index (χ3n) is 2.72. The van der Waals surface area contributed by atoms with Gasteiger partial charge < -0.3 is 15.0 Å². The lowest BCUT2D eigenvalue weighted by Crippen LogP contribution is -2.27. The van der Waals surface area contributed by atoms with E-state index in [0.717, 1.165) is 0 Å². The van der Waals surface area contributed by atoms with Crippen LogP contribution in [-0.2, 0) is 4.79 Å². The number of anilines is 1. The highest BCUT2D eigenvalue weighted by atomic mass is 32.1. The zero-order valence-corrected chi connectivity index (χ0v) is 12.6. The number of amides is 2. The predicted molar refractivity (Wildman–Crippen MR) is 82.9 cm³/mol. The van der Waals surface area contributed by atoms with Crippen LogP contribution in [0.4, 0.5) is 5.69 Å². The average molecular weight is 304 g/mol. The smallest absolute Gasteiger partial charge is 0.265 e. The second kappa shape index (κ2) is 6.90. The van der Waals surface area contributed by atoms with Crippen LogP contribution in [0.3, 0.4) is 0 Å². The highest BCUT2D eigenvalue weighted by Gasteiger charge is 2.07. The van der Waals surface area contributed by atoms with Crippen molar-refractivity contribution in [1.82, 2.24) is 4.90 Å². The van der Waals surface area contributed by atoms with Crippen LogP contribution in [0.15, 0.2) is 41.8 Å². The van der Waals surface area contributed by atoms with Gasteiger partial charge in [0.1, 0.15) is 5.75 Å². The summed E-state index contributed by atoms with van der Waals surface area (Å²) in [6.07, 6.45) is 0. The number of thiophene rings is 1. The Morgan fingerprint density at radius 2 is 1.90 bits per heavy atom. The molecular formula is C15H16N2O3S. The summed E-state index contributed by atoms with van der Waals surface area (Å²) in [6.45, 7) is -0.00605. The Kier molecular flexibility index (Phi) is 4.94. The zero-order chi connectivity index (χ0) is 15.2. The summed E-state index contributed by atoms with van der Waals surface area (Å²) in [5.41, 5.74) is 0.680. The minimum Gasteiger partial charge on any atom is -0.484 e. The molecule has 1 N–H and O–H groups in total. The molecule has 2 amide bonds. The molecule has 0 atom stereocenters. The molecule has 0 radical (unpaired) electrons. The third kappa shape index (κ3) is 4.32. The predicted octanol–water partition coefficient (Wildman–Crippen LogP) is 2.47. The Hall–Kier alpha value is -2.34. The standard InChI is InChI=1S/C15H16N2O3S/c1-17(2)14(18)10-20-12-7-5-11(6-8-12)16-15(19)13-4-3-9-21-13/h3-9H,10H2,1-2H3,(H,16,19). The molecule has 1 aromatic heterocycles. The van der Waals surface area contributed by atoms with Crippen LogP contribution in [0.1, 0.15) is 9.67 Å². The number of likely N-dealkylation sites (N-methyl/N-ethyl adjacent to an activating group) is 1. The Balaban J connectivity index is 1.90. The summed E-state index contributed by atoms with van der Waals surface area (Å²) >= 11 is 1.39. The SMILES string of the molecule is CN(C)C(=O)COc1ccc(NC(=O)c2cccs2)cc1. The molecule has 0 aliphatic heterocycles. The van der Waals surface area contributed by atoms with Crippen molar-refractivity contribution in [2.75, 3.05) is 26.0 Å². The Morgan fingerprint density at radius 3 is 2.48 bits per heavy atom. The number of carbonyl (C=O) groups excluding carboxylic acids is 2. The number of hydrogen-bond acceptors (Lipinski definition) is 4. The molecule has 0 saturated carbocycles. The number of benzene rings is 1. The summed E-state index contributed by atoms with van der Waals surface area (Å²) in [5.74, 6) is 0.339. The summed E-state index contributed by atoms with van der Waals surface area (Å²) in [5, 5.41) is 4.65. The summed E-state index contributed by atoms with van der Waals surface area (Å²) in [6, 6.07) is 10.5. The van der Waals surface area contributed by atoms with Gasteiger partial charge in [0.25, 0.3) is 11.8 Å². The van der Waals surface area contributed by atoms with Crippen molar-refractivity contribution in [2.45, 2.75) is 0 Å². The highest BCUT2D eigenvalue weighted by molar-refractivity contribution is 7.12. The van der Waals surface area contributed by atoms with Gasteiger partial charge in [-0.2, -0.15) is 0 Å². The first-order chi connectivity index (χ1) is 10.1. The lowest BCUT2D eigenvalue weighted by Gasteiger charge is -2.11. The van der Waals surface area contributed by atoms with E-state index in [4.69, 9.17) is 4.74 Å². The van der Waals surface area contributed by atoms with Crippen LogP contribution in [0.5, 0.6) is 5.75 Å². The minimum atomic E-state index is -0.138. The molecule has 6 heteroatoms. The van der Waals surface area contributed by atoms with Crippen molar-refractivity contribution >= 4 is 28.8 Å². The van der Waals surface area contributed by atoms with E-state index in [1.54, 1.807) is 44.4 Å². The molecule has 110 valence electrons. The van der Waals surface area contributed by atoms with E-state index >= 15 is 0 Å². The third-order valence-corrected chi connectivity index (χ3v) is 3.59. The van der Waals surface area contributed by atoms with Gasteiger partial charge in [-0.3, -0.25) is 9.59 Å². The van der Waals surface area contributed by atoms with Gasteiger partial charge >= 0.3 is 0 Å². The van der Waals surface area contributed by atoms with Gasteiger partial charge in [0.15, 0.2) is 6.61 Å². The van der Waals surface area contributed by atoms with E-state index in [-0.39, 0.29) is 18.4 Å². The van der Waals surface area contributed by atoms with E-state index in [1.807, 2.05) is 11.4 Å². The molecule has 5 nitrogen and oxygen atoms in total. The summed E-state index contributed by atoms with van der Waals surface area (Å²) < 4.78 is 5.36. The molecule has 0 unspecified atom stereocenters. The van der Waals surface area contributed by atoms with E-state index in [0.29, 0.717) is 16.3 Å². The van der Waals surface area contributed by atoms with Crippen LogP contribution in [0.2, 0.25) is 0 Å². The molecular weight excluding hydrogens is 288 g/mol. The first-order valence-electron chi connectivity index (χ1n) is 6.34. The molecule has 0 bridgehead atoms. The Bertz CT molecular complexity index is 606. The molecule has 0 fully saturated rings. The molecule has 21 heavy (non-hydrogen) atoms. The van der Waals surface area contributed by atoms with Crippen LogP contribution in [0.25, 0.3) is 0 Å². The second-order valence-corrected chi connectivity index (χ2v) is 5.48. The lowest BCUT2D eigenvalue weighted by atomic mass is 10.3. The molecule has 0 aliphatic rings. The molecule has 2 rings (SSSR count). The van der Waals surface area contributed by atoms with Crippen LogP contribution in [-0.4, -0.2) is 37.4 Å². The minimum absolute atomic E-state index is 0.00605. The first kappa shape index (κ1) is 15.1. The largest absolute Gasteiger partial charge is 0.484 e. The van der Waals surface area contributed by atoms with Crippen LogP contribution < -0.4 is 10.1 Å². The average Bonchev–Trinajstić information content (AvgIpc) is 3.00. The monoisotopic (exact) mass is 304 g/mol. The van der Waals surface area contributed by atoms with E-state index in [2.05, 4.69) is 5.32 Å².